The topological polar surface area (TPSA) is 87.5 Å². The van der Waals surface area contributed by atoms with Gasteiger partial charge in [-0.15, -0.1) is 0 Å². The first-order chi connectivity index (χ1) is 10.6. The fourth-order valence-corrected chi connectivity index (χ4v) is 3.66. The van der Waals surface area contributed by atoms with Crippen LogP contribution in [0.15, 0.2) is 18.5 Å². The smallest absolute Gasteiger partial charge is 0.309 e. The highest BCUT2D eigenvalue weighted by Gasteiger charge is 2.51. The molecule has 1 amide bonds. The largest absolute Gasteiger partial charge is 0.481 e. The van der Waals surface area contributed by atoms with E-state index in [4.69, 9.17) is 0 Å². The number of carboxylic acids is 1. The molecule has 7 heteroatoms. The Morgan fingerprint density at radius 3 is 2.82 bits per heavy atom. The van der Waals surface area contributed by atoms with Crippen molar-refractivity contribution in [3.63, 3.8) is 0 Å². The van der Waals surface area contributed by atoms with E-state index >= 15 is 0 Å². The van der Waals surface area contributed by atoms with Crippen molar-refractivity contribution in [1.82, 2.24) is 20.0 Å². The van der Waals surface area contributed by atoms with Gasteiger partial charge in [0.15, 0.2) is 0 Å². The molecule has 1 unspecified atom stereocenters. The Morgan fingerprint density at radius 2 is 2.18 bits per heavy atom. The number of carboxylic acid groups (broad SMARTS) is 1. The molecule has 2 saturated heterocycles. The molecule has 1 atom stereocenters. The number of hydrogen-bond acceptors (Lipinski definition) is 4. The SMILES string of the molecule is O=C1CC(C(=O)O)C2(CCN(CCCn3cccn3)CC2)N1. The Kier molecular flexibility index (Phi) is 4.15. The summed E-state index contributed by atoms with van der Waals surface area (Å²) in [7, 11) is 0. The number of carbonyl (C=O) groups is 2. The van der Waals surface area contributed by atoms with Gasteiger partial charge in [0.2, 0.25) is 5.91 Å². The van der Waals surface area contributed by atoms with Crippen LogP contribution in [-0.2, 0) is 16.1 Å². The first-order valence-electron chi connectivity index (χ1n) is 7.83. The number of aromatic nitrogens is 2. The molecule has 0 aliphatic carbocycles. The van der Waals surface area contributed by atoms with Crippen molar-refractivity contribution in [3.05, 3.63) is 18.5 Å². The van der Waals surface area contributed by atoms with Gasteiger partial charge < -0.3 is 15.3 Å². The van der Waals surface area contributed by atoms with Crippen molar-refractivity contribution in [3.8, 4) is 0 Å². The van der Waals surface area contributed by atoms with Crippen molar-refractivity contribution < 1.29 is 14.7 Å². The van der Waals surface area contributed by atoms with Crippen LogP contribution in [0, 0.1) is 5.92 Å². The standard InChI is InChI=1S/C15H22N4O3/c20-13-11-12(14(21)22)15(17-13)3-9-18(10-4-15)6-2-8-19-7-1-5-16-19/h1,5,7,12H,2-4,6,8-11H2,(H,17,20)(H,21,22). The van der Waals surface area contributed by atoms with Crippen LogP contribution in [0.5, 0.6) is 0 Å². The summed E-state index contributed by atoms with van der Waals surface area (Å²) >= 11 is 0. The van der Waals surface area contributed by atoms with Crippen LogP contribution in [0.1, 0.15) is 25.7 Å². The fraction of sp³-hybridized carbons (Fsp3) is 0.667. The summed E-state index contributed by atoms with van der Waals surface area (Å²) in [4.78, 5) is 25.4. The van der Waals surface area contributed by atoms with Crippen molar-refractivity contribution in [2.24, 2.45) is 5.92 Å². The predicted molar refractivity (Wildman–Crippen MR) is 79.1 cm³/mol. The molecule has 1 aromatic heterocycles. The summed E-state index contributed by atoms with van der Waals surface area (Å²) in [6.07, 6.45) is 6.31. The second-order valence-electron chi connectivity index (χ2n) is 6.26. The van der Waals surface area contributed by atoms with Crippen LogP contribution in [-0.4, -0.2) is 56.8 Å². The number of aryl methyl sites for hydroxylation is 1. The molecule has 0 radical (unpaired) electrons. The molecule has 0 bridgehead atoms. The number of carbonyl (C=O) groups excluding carboxylic acids is 1. The molecule has 2 fully saturated rings. The summed E-state index contributed by atoms with van der Waals surface area (Å²) in [5.41, 5.74) is -0.526. The molecule has 1 spiro atoms. The van der Waals surface area contributed by atoms with Crippen molar-refractivity contribution in [2.45, 2.75) is 37.8 Å². The Labute approximate surface area is 129 Å². The first-order valence-corrected chi connectivity index (χ1v) is 7.83. The Morgan fingerprint density at radius 1 is 1.41 bits per heavy atom. The van der Waals surface area contributed by atoms with Crippen LogP contribution in [0.2, 0.25) is 0 Å². The molecule has 2 N–H and O–H groups in total. The highest BCUT2D eigenvalue weighted by Crippen LogP contribution is 2.36. The first kappa shape index (κ1) is 15.0. The van der Waals surface area contributed by atoms with E-state index in [0.29, 0.717) is 0 Å². The Hall–Kier alpha value is -1.89. The third-order valence-corrected chi connectivity index (χ3v) is 4.91. The summed E-state index contributed by atoms with van der Waals surface area (Å²) in [5.74, 6) is -1.56. The lowest BCUT2D eigenvalue weighted by molar-refractivity contribution is -0.144. The summed E-state index contributed by atoms with van der Waals surface area (Å²) in [6.45, 7) is 3.54. The maximum atomic E-state index is 11.6. The molecule has 120 valence electrons. The molecule has 1 aromatic rings. The number of likely N-dealkylation sites (tertiary alicyclic amines) is 1. The zero-order valence-electron chi connectivity index (χ0n) is 12.6. The zero-order valence-corrected chi connectivity index (χ0v) is 12.6. The Balaban J connectivity index is 1.49. The maximum absolute atomic E-state index is 11.6. The van der Waals surface area contributed by atoms with Crippen LogP contribution >= 0.6 is 0 Å². The molecule has 0 aromatic carbocycles. The van der Waals surface area contributed by atoms with E-state index in [0.717, 1.165) is 45.4 Å². The average Bonchev–Trinajstić information content (AvgIpc) is 3.10. The van der Waals surface area contributed by atoms with Gasteiger partial charge in [-0.2, -0.15) is 5.10 Å². The van der Waals surface area contributed by atoms with Gasteiger partial charge in [0.05, 0.1) is 11.5 Å². The quantitative estimate of drug-likeness (QED) is 0.818. The van der Waals surface area contributed by atoms with Gasteiger partial charge >= 0.3 is 5.97 Å². The van der Waals surface area contributed by atoms with Crippen LogP contribution in [0.3, 0.4) is 0 Å². The number of nitrogens with one attached hydrogen (secondary N) is 1. The number of piperidine rings is 1. The molecule has 0 saturated carbocycles. The van der Waals surface area contributed by atoms with E-state index in [9.17, 15) is 14.7 Å². The third-order valence-electron chi connectivity index (χ3n) is 4.91. The van der Waals surface area contributed by atoms with Gasteiger partial charge in [0.1, 0.15) is 0 Å². The second-order valence-corrected chi connectivity index (χ2v) is 6.26. The van der Waals surface area contributed by atoms with Crippen LogP contribution < -0.4 is 5.32 Å². The highest BCUT2D eigenvalue weighted by molar-refractivity contribution is 5.88. The number of rotatable bonds is 5. The summed E-state index contributed by atoms with van der Waals surface area (Å²) in [6, 6.07) is 1.92. The van der Waals surface area contributed by atoms with Gasteiger partial charge in [-0.25, -0.2) is 0 Å². The summed E-state index contributed by atoms with van der Waals surface area (Å²) < 4.78 is 1.92. The number of aliphatic carboxylic acids is 1. The zero-order chi connectivity index (χ0) is 15.6. The van der Waals surface area contributed by atoms with Gasteiger partial charge in [-0.1, -0.05) is 0 Å². The average molecular weight is 306 g/mol. The van der Waals surface area contributed by atoms with E-state index in [2.05, 4.69) is 15.3 Å². The fourth-order valence-electron chi connectivity index (χ4n) is 3.66. The van der Waals surface area contributed by atoms with Crippen LogP contribution in [0.25, 0.3) is 0 Å². The normalized spacial score (nSPS) is 24.5. The van der Waals surface area contributed by atoms with Gasteiger partial charge in [-0.05, 0) is 31.9 Å². The Bertz CT molecular complexity index is 535. The summed E-state index contributed by atoms with van der Waals surface area (Å²) in [5, 5.41) is 16.5. The monoisotopic (exact) mass is 306 g/mol. The van der Waals surface area contributed by atoms with E-state index in [1.807, 2.05) is 16.9 Å². The van der Waals surface area contributed by atoms with Gasteiger partial charge in [0.25, 0.3) is 0 Å². The predicted octanol–water partition coefficient (Wildman–Crippen LogP) is 0.328. The minimum absolute atomic E-state index is 0.120. The molecule has 7 nitrogen and oxygen atoms in total. The highest BCUT2D eigenvalue weighted by atomic mass is 16.4. The van der Waals surface area contributed by atoms with E-state index < -0.39 is 17.4 Å². The van der Waals surface area contributed by atoms with Gasteiger partial charge in [0, 0.05) is 38.4 Å². The number of hydrogen-bond donors (Lipinski definition) is 2. The van der Waals surface area contributed by atoms with Gasteiger partial charge in [-0.3, -0.25) is 14.3 Å². The van der Waals surface area contributed by atoms with Crippen molar-refractivity contribution in [1.29, 1.82) is 0 Å². The number of nitrogens with zero attached hydrogens (tertiary/aromatic N) is 3. The maximum Gasteiger partial charge on any atom is 0.309 e. The lowest BCUT2D eigenvalue weighted by Gasteiger charge is -2.41. The van der Waals surface area contributed by atoms with E-state index in [-0.39, 0.29) is 12.3 Å². The molecule has 2 aliphatic rings. The molecular formula is C15H22N4O3. The van der Waals surface area contributed by atoms with Crippen molar-refractivity contribution in [2.75, 3.05) is 19.6 Å². The molecule has 22 heavy (non-hydrogen) atoms. The molecule has 2 aliphatic heterocycles. The second kappa shape index (κ2) is 6.08. The third kappa shape index (κ3) is 2.99. The van der Waals surface area contributed by atoms with Crippen molar-refractivity contribution >= 4 is 11.9 Å². The minimum atomic E-state index is -0.856. The minimum Gasteiger partial charge on any atom is -0.481 e. The van der Waals surface area contributed by atoms with E-state index in [1.165, 1.54) is 0 Å². The molecule has 3 heterocycles. The lowest BCUT2D eigenvalue weighted by Crippen LogP contribution is -2.55. The lowest BCUT2D eigenvalue weighted by atomic mass is 9.78. The molecular weight excluding hydrogens is 284 g/mol. The van der Waals surface area contributed by atoms with Crippen LogP contribution in [0.4, 0.5) is 0 Å². The number of amides is 1. The molecule has 3 rings (SSSR count). The van der Waals surface area contributed by atoms with E-state index in [1.54, 1.807) is 6.20 Å².